The molecule has 1 unspecified atom stereocenters. The molecule has 0 N–H and O–H groups in total. The van der Waals surface area contributed by atoms with E-state index in [1.165, 1.54) is 17.3 Å². The Morgan fingerprint density at radius 3 is 2.44 bits per heavy atom. The minimum atomic E-state index is -3.57. The van der Waals surface area contributed by atoms with Crippen LogP contribution in [0.5, 0.6) is 0 Å². The van der Waals surface area contributed by atoms with E-state index in [2.05, 4.69) is 10.1 Å². The molecule has 0 saturated heterocycles. The molecular weight excluding hydrogens is 253 g/mol. The van der Waals surface area contributed by atoms with E-state index in [9.17, 15) is 8.77 Å². The van der Waals surface area contributed by atoms with Crippen molar-refractivity contribution in [2.45, 2.75) is 19.7 Å². The number of hydrogen-bond donors (Lipinski definition) is 0. The van der Waals surface area contributed by atoms with Crippen molar-refractivity contribution in [3.63, 3.8) is 0 Å². The summed E-state index contributed by atoms with van der Waals surface area (Å²) in [6.45, 7) is 0.124. The van der Waals surface area contributed by atoms with Gasteiger partial charge in [0.25, 0.3) is 0 Å². The zero-order valence-electron chi connectivity index (χ0n) is 9.11. The Hall–Kier alpha value is -0.560. The normalized spacial score (nSPS) is 13.9. The predicted molar refractivity (Wildman–Crippen MR) is 59.0 cm³/mol. The molecule has 0 amide bonds. The van der Waals surface area contributed by atoms with Gasteiger partial charge in [-0.2, -0.15) is 5.10 Å². The van der Waals surface area contributed by atoms with Crippen LogP contribution < -0.4 is 0 Å². The van der Waals surface area contributed by atoms with Crippen molar-refractivity contribution >= 4 is 17.2 Å². The number of nitrogens with zero attached hydrogens (tertiary/aromatic N) is 3. The van der Waals surface area contributed by atoms with E-state index in [1.54, 1.807) is 13.8 Å². The molecule has 16 heavy (non-hydrogen) atoms. The molecule has 9 heteroatoms. The second kappa shape index (κ2) is 6.24. The van der Waals surface area contributed by atoms with Gasteiger partial charge >= 0.3 is 6.80 Å². The molecular formula is C7H14N3O4PS. The number of aromatic nitrogens is 3. The fourth-order valence-electron chi connectivity index (χ4n) is 0.954. The van der Waals surface area contributed by atoms with Crippen LogP contribution in [-0.4, -0.2) is 32.2 Å². The van der Waals surface area contributed by atoms with Crippen LogP contribution in [-0.2, 0) is 29.9 Å². The molecule has 1 aromatic heterocycles. The Bertz CT molecular complexity index is 373. The molecule has 0 radical (unpaired) electrons. The van der Waals surface area contributed by atoms with Crippen molar-refractivity contribution in [2.75, 3.05) is 13.2 Å². The minimum absolute atomic E-state index is 0.0583. The van der Waals surface area contributed by atoms with Gasteiger partial charge in [-0.3, -0.25) is 9.05 Å². The van der Waals surface area contributed by atoms with Crippen molar-refractivity contribution in [1.29, 1.82) is 0 Å². The van der Waals surface area contributed by atoms with E-state index in [1.807, 2.05) is 0 Å². The van der Waals surface area contributed by atoms with Crippen molar-refractivity contribution in [1.82, 2.24) is 14.8 Å². The lowest BCUT2D eigenvalue weighted by atomic mass is 10.9. The zero-order chi connectivity index (χ0) is 12.0. The molecule has 0 aliphatic carbocycles. The fourth-order valence-corrected chi connectivity index (χ4v) is 4.51. The van der Waals surface area contributed by atoms with Crippen molar-refractivity contribution < 1.29 is 17.8 Å². The molecule has 0 spiro atoms. The minimum Gasteiger partial charge on any atom is -0.299 e. The predicted octanol–water partition coefficient (Wildman–Crippen LogP) is 1.17. The molecule has 0 bridgehead atoms. The first kappa shape index (κ1) is 13.5. The summed E-state index contributed by atoms with van der Waals surface area (Å²) in [5.74, 6) is -0.0583. The molecule has 1 heterocycles. The summed E-state index contributed by atoms with van der Waals surface area (Å²) < 4.78 is 35.1. The van der Waals surface area contributed by atoms with Crippen LogP contribution in [0.2, 0.25) is 0 Å². The van der Waals surface area contributed by atoms with Crippen molar-refractivity contribution in [3.8, 4) is 0 Å². The zero-order valence-corrected chi connectivity index (χ0v) is 10.8. The van der Waals surface area contributed by atoms with Gasteiger partial charge < -0.3 is 0 Å². The number of hydrogen-bond acceptors (Lipinski definition) is 6. The van der Waals surface area contributed by atoms with Gasteiger partial charge in [-0.25, -0.2) is 18.4 Å². The van der Waals surface area contributed by atoms with Crippen LogP contribution in [0.25, 0.3) is 0 Å². The van der Waals surface area contributed by atoms with E-state index in [0.717, 1.165) is 0 Å². The van der Waals surface area contributed by atoms with Gasteiger partial charge in [0, 0.05) is 0 Å². The second-order valence-electron chi connectivity index (χ2n) is 2.67. The SMILES string of the molecule is CCOP(=O)(OCC)S(=O)Cn1cncn1. The van der Waals surface area contributed by atoms with Crippen LogP contribution in [0.3, 0.4) is 0 Å². The smallest absolute Gasteiger partial charge is 0.299 e. The molecule has 0 fully saturated rings. The standard InChI is InChI=1S/C7H14N3O4PS/c1-3-13-15(11,14-4-2)16(12)7-10-6-8-5-9-10/h5-6H,3-4,7H2,1-2H3. The average molecular weight is 267 g/mol. The van der Waals surface area contributed by atoms with Gasteiger partial charge in [0.15, 0.2) is 10.4 Å². The lowest BCUT2D eigenvalue weighted by molar-refractivity contribution is 0.235. The summed E-state index contributed by atoms with van der Waals surface area (Å²) in [5.41, 5.74) is 0. The highest BCUT2D eigenvalue weighted by atomic mass is 32.8. The van der Waals surface area contributed by atoms with Crippen LogP contribution in [0.1, 0.15) is 13.8 Å². The maximum atomic E-state index is 12.0. The highest BCUT2D eigenvalue weighted by Gasteiger charge is 2.32. The summed E-state index contributed by atoms with van der Waals surface area (Å²) in [6, 6.07) is 0. The molecule has 1 rings (SSSR count). The maximum absolute atomic E-state index is 12.0. The molecule has 0 saturated carbocycles. The summed E-state index contributed by atoms with van der Waals surface area (Å²) in [4.78, 5) is 3.70. The van der Waals surface area contributed by atoms with Gasteiger partial charge in [0.2, 0.25) is 0 Å². The van der Waals surface area contributed by atoms with Gasteiger partial charge in [-0.1, -0.05) is 0 Å². The summed E-state index contributed by atoms with van der Waals surface area (Å²) in [5, 5.41) is 3.77. The molecule has 0 aliphatic heterocycles. The van der Waals surface area contributed by atoms with Crippen molar-refractivity contribution in [3.05, 3.63) is 12.7 Å². The summed E-state index contributed by atoms with van der Waals surface area (Å²) in [7, 11) is -1.78. The van der Waals surface area contributed by atoms with E-state index in [-0.39, 0.29) is 19.1 Å². The molecule has 92 valence electrons. The molecule has 0 aliphatic rings. The third-order valence-corrected chi connectivity index (χ3v) is 6.14. The topological polar surface area (TPSA) is 83.3 Å². The first-order valence-electron chi connectivity index (χ1n) is 4.73. The highest BCUT2D eigenvalue weighted by Crippen LogP contribution is 2.52. The number of rotatable bonds is 7. The lowest BCUT2D eigenvalue weighted by Crippen LogP contribution is -2.09. The summed E-state index contributed by atoms with van der Waals surface area (Å²) >= 11 is 0. The molecule has 0 aromatic carbocycles. The van der Waals surface area contributed by atoms with E-state index in [4.69, 9.17) is 9.05 Å². The van der Waals surface area contributed by atoms with Crippen molar-refractivity contribution in [2.24, 2.45) is 0 Å². The third kappa shape index (κ3) is 3.48. The Labute approximate surface area is 95.9 Å². The Balaban J connectivity index is 2.71. The molecule has 7 nitrogen and oxygen atoms in total. The molecule has 1 aromatic rings. The van der Waals surface area contributed by atoms with E-state index < -0.39 is 17.2 Å². The Morgan fingerprint density at radius 1 is 1.38 bits per heavy atom. The first-order chi connectivity index (χ1) is 7.62. The van der Waals surface area contributed by atoms with Crippen LogP contribution in [0, 0.1) is 0 Å². The maximum Gasteiger partial charge on any atom is 0.420 e. The first-order valence-corrected chi connectivity index (χ1v) is 8.19. The van der Waals surface area contributed by atoms with Gasteiger partial charge in [-0.05, 0) is 13.8 Å². The van der Waals surface area contributed by atoms with E-state index >= 15 is 0 Å². The lowest BCUT2D eigenvalue weighted by Gasteiger charge is -2.15. The van der Waals surface area contributed by atoms with Crippen LogP contribution in [0.4, 0.5) is 0 Å². The quantitative estimate of drug-likeness (QED) is 0.689. The largest absolute Gasteiger partial charge is 0.420 e. The second-order valence-corrected chi connectivity index (χ2v) is 7.54. The fraction of sp³-hybridized carbons (Fsp3) is 0.714. The van der Waals surface area contributed by atoms with Gasteiger partial charge in [0.1, 0.15) is 18.5 Å². The average Bonchev–Trinajstić information content (AvgIpc) is 2.71. The van der Waals surface area contributed by atoms with Gasteiger partial charge in [-0.15, -0.1) is 0 Å². The van der Waals surface area contributed by atoms with E-state index in [0.29, 0.717) is 0 Å². The highest BCUT2D eigenvalue weighted by molar-refractivity contribution is 8.45. The van der Waals surface area contributed by atoms with Crippen LogP contribution in [0.15, 0.2) is 12.7 Å². The monoisotopic (exact) mass is 267 g/mol. The Morgan fingerprint density at radius 2 is 2.00 bits per heavy atom. The Kier molecular flexibility index (Phi) is 5.27. The van der Waals surface area contributed by atoms with Gasteiger partial charge in [0.05, 0.1) is 13.2 Å². The third-order valence-electron chi connectivity index (χ3n) is 1.53. The molecule has 1 atom stereocenters. The van der Waals surface area contributed by atoms with Crippen LogP contribution >= 0.6 is 6.80 Å². The summed E-state index contributed by atoms with van der Waals surface area (Å²) in [6.07, 6.45) is 2.70.